The third-order valence-corrected chi connectivity index (χ3v) is 4.86. The quantitative estimate of drug-likeness (QED) is 0.425. The summed E-state index contributed by atoms with van der Waals surface area (Å²) < 4.78 is 10.6. The van der Waals surface area contributed by atoms with Gasteiger partial charge in [-0.25, -0.2) is 4.79 Å². The van der Waals surface area contributed by atoms with Crippen molar-refractivity contribution in [2.24, 2.45) is 11.8 Å². The van der Waals surface area contributed by atoms with E-state index in [1.165, 1.54) is 7.11 Å². The molecule has 142 valence electrons. The summed E-state index contributed by atoms with van der Waals surface area (Å²) in [6.07, 6.45) is 5.96. The number of ether oxygens (including phenoxy) is 2. The SMILES string of the molecule is CCCCCC1CC(OC(=O)Nc2ccccc2)C=C(C)C1C(=O)OC. The van der Waals surface area contributed by atoms with Crippen molar-refractivity contribution in [2.45, 2.75) is 52.1 Å². The molecule has 1 aliphatic carbocycles. The highest BCUT2D eigenvalue weighted by molar-refractivity contribution is 5.84. The van der Waals surface area contributed by atoms with Crippen LogP contribution >= 0.6 is 0 Å². The maximum absolute atomic E-state index is 12.2. The highest BCUT2D eigenvalue weighted by Crippen LogP contribution is 2.36. The van der Waals surface area contributed by atoms with Crippen LogP contribution < -0.4 is 5.32 Å². The zero-order chi connectivity index (χ0) is 18.9. The van der Waals surface area contributed by atoms with Crippen LogP contribution in [0.1, 0.15) is 46.0 Å². The smallest absolute Gasteiger partial charge is 0.412 e. The van der Waals surface area contributed by atoms with Gasteiger partial charge in [0.05, 0.1) is 13.0 Å². The zero-order valence-corrected chi connectivity index (χ0v) is 15.9. The topological polar surface area (TPSA) is 64.6 Å². The van der Waals surface area contributed by atoms with Crippen molar-refractivity contribution in [3.8, 4) is 0 Å². The minimum atomic E-state index is -0.478. The summed E-state index contributed by atoms with van der Waals surface area (Å²) in [7, 11) is 1.43. The van der Waals surface area contributed by atoms with E-state index >= 15 is 0 Å². The summed E-state index contributed by atoms with van der Waals surface area (Å²) in [6.45, 7) is 4.07. The molecule has 0 aliphatic heterocycles. The number of nitrogens with one attached hydrogen (secondary N) is 1. The monoisotopic (exact) mass is 359 g/mol. The normalized spacial score (nSPS) is 22.3. The predicted molar refractivity (Wildman–Crippen MR) is 102 cm³/mol. The number of methoxy groups -OCH3 is 1. The predicted octanol–water partition coefficient (Wildman–Crippen LogP) is 4.94. The van der Waals surface area contributed by atoms with Gasteiger partial charge in [-0.1, -0.05) is 50.0 Å². The lowest BCUT2D eigenvalue weighted by Crippen LogP contribution is -2.35. The maximum Gasteiger partial charge on any atom is 0.412 e. The van der Waals surface area contributed by atoms with Crippen molar-refractivity contribution in [1.82, 2.24) is 0 Å². The first-order chi connectivity index (χ1) is 12.5. The molecule has 2 rings (SSSR count). The van der Waals surface area contributed by atoms with Gasteiger partial charge in [0.25, 0.3) is 0 Å². The fourth-order valence-electron chi connectivity index (χ4n) is 3.61. The number of anilines is 1. The Labute approximate surface area is 155 Å². The molecule has 0 saturated heterocycles. The van der Waals surface area contributed by atoms with Gasteiger partial charge < -0.3 is 9.47 Å². The Morgan fingerprint density at radius 2 is 1.92 bits per heavy atom. The zero-order valence-electron chi connectivity index (χ0n) is 15.9. The molecule has 0 radical (unpaired) electrons. The molecule has 1 amide bonds. The lowest BCUT2D eigenvalue weighted by molar-refractivity contribution is -0.146. The molecule has 5 heteroatoms. The number of benzene rings is 1. The van der Waals surface area contributed by atoms with Crippen LogP contribution in [0.2, 0.25) is 0 Å². The standard InChI is InChI=1S/C21H29NO4/c1-4-5-7-10-16-14-18(13-15(2)19(16)20(23)25-3)26-21(24)22-17-11-8-6-9-12-17/h6,8-9,11-13,16,18-19H,4-5,7,10,14H2,1-3H3,(H,22,24). The van der Waals surface area contributed by atoms with Crippen LogP contribution in [0.5, 0.6) is 0 Å². The number of rotatable bonds is 7. The molecule has 0 heterocycles. The van der Waals surface area contributed by atoms with Crippen LogP contribution in [0.4, 0.5) is 10.5 Å². The molecule has 0 bridgehead atoms. The van der Waals surface area contributed by atoms with Gasteiger partial charge in [0.15, 0.2) is 0 Å². The van der Waals surface area contributed by atoms with Crippen molar-refractivity contribution in [3.63, 3.8) is 0 Å². The highest BCUT2D eigenvalue weighted by atomic mass is 16.6. The van der Waals surface area contributed by atoms with Crippen molar-refractivity contribution < 1.29 is 19.1 Å². The molecule has 0 aromatic heterocycles. The minimum absolute atomic E-state index is 0.133. The van der Waals surface area contributed by atoms with Gasteiger partial charge >= 0.3 is 12.1 Å². The van der Waals surface area contributed by atoms with E-state index in [4.69, 9.17) is 9.47 Å². The Kier molecular flexibility index (Phi) is 7.70. The molecule has 0 saturated carbocycles. The molecule has 1 aromatic carbocycles. The Bertz CT molecular complexity index is 626. The van der Waals surface area contributed by atoms with E-state index in [1.54, 1.807) is 0 Å². The molecular weight excluding hydrogens is 330 g/mol. The number of hydrogen-bond donors (Lipinski definition) is 1. The molecular formula is C21H29NO4. The highest BCUT2D eigenvalue weighted by Gasteiger charge is 2.36. The molecule has 5 nitrogen and oxygen atoms in total. The van der Waals surface area contributed by atoms with Crippen LogP contribution in [0.3, 0.4) is 0 Å². The summed E-state index contributed by atoms with van der Waals surface area (Å²) in [5.41, 5.74) is 1.61. The average molecular weight is 359 g/mol. The second-order valence-electron chi connectivity index (χ2n) is 6.84. The van der Waals surface area contributed by atoms with Crippen LogP contribution in [0.25, 0.3) is 0 Å². The molecule has 1 aromatic rings. The van der Waals surface area contributed by atoms with Crippen LogP contribution in [0.15, 0.2) is 42.0 Å². The average Bonchev–Trinajstić information content (AvgIpc) is 2.62. The van der Waals surface area contributed by atoms with E-state index in [9.17, 15) is 9.59 Å². The number of hydrogen-bond acceptors (Lipinski definition) is 4. The Morgan fingerprint density at radius 3 is 2.58 bits per heavy atom. The molecule has 3 atom stereocenters. The van der Waals surface area contributed by atoms with Crippen LogP contribution in [0, 0.1) is 11.8 Å². The molecule has 0 spiro atoms. The van der Waals surface area contributed by atoms with Gasteiger partial charge in [-0.05, 0) is 43.9 Å². The summed E-state index contributed by atoms with van der Waals surface area (Å²) >= 11 is 0. The van der Waals surface area contributed by atoms with Crippen molar-refractivity contribution >= 4 is 17.7 Å². The Hall–Kier alpha value is -2.30. The van der Waals surface area contributed by atoms with E-state index in [2.05, 4.69) is 12.2 Å². The first-order valence-electron chi connectivity index (χ1n) is 9.34. The molecule has 1 N–H and O–H groups in total. The van der Waals surface area contributed by atoms with Crippen molar-refractivity contribution in [1.29, 1.82) is 0 Å². The summed E-state index contributed by atoms with van der Waals surface area (Å²) in [5.74, 6) is -0.310. The molecule has 0 fully saturated rings. The Morgan fingerprint density at radius 1 is 1.19 bits per heavy atom. The summed E-state index contributed by atoms with van der Waals surface area (Å²) in [6, 6.07) is 9.21. The second-order valence-corrected chi connectivity index (χ2v) is 6.84. The van der Waals surface area contributed by atoms with E-state index in [0.717, 1.165) is 31.3 Å². The van der Waals surface area contributed by atoms with Crippen LogP contribution in [-0.4, -0.2) is 25.3 Å². The van der Waals surface area contributed by atoms with Gasteiger partial charge in [0.1, 0.15) is 6.10 Å². The minimum Gasteiger partial charge on any atom is -0.469 e. The van der Waals surface area contributed by atoms with Gasteiger partial charge in [0, 0.05) is 5.69 Å². The van der Waals surface area contributed by atoms with E-state index in [1.807, 2.05) is 43.3 Å². The fourth-order valence-corrected chi connectivity index (χ4v) is 3.61. The molecule has 1 aliphatic rings. The van der Waals surface area contributed by atoms with Crippen molar-refractivity contribution in [2.75, 3.05) is 12.4 Å². The second kappa shape index (κ2) is 10.00. The van der Waals surface area contributed by atoms with Crippen molar-refractivity contribution in [3.05, 3.63) is 42.0 Å². The number of carbonyl (C=O) groups excluding carboxylic acids is 2. The number of esters is 1. The van der Waals surface area contributed by atoms with Gasteiger partial charge in [-0.2, -0.15) is 0 Å². The number of amides is 1. The van der Waals surface area contributed by atoms with Crippen LogP contribution in [-0.2, 0) is 14.3 Å². The molecule has 26 heavy (non-hydrogen) atoms. The van der Waals surface area contributed by atoms with Gasteiger partial charge in [0.2, 0.25) is 0 Å². The summed E-state index contributed by atoms with van der Waals surface area (Å²) in [5, 5.41) is 2.73. The first kappa shape index (κ1) is 20.0. The number of carbonyl (C=O) groups is 2. The van der Waals surface area contributed by atoms with E-state index < -0.39 is 6.09 Å². The first-order valence-corrected chi connectivity index (χ1v) is 9.34. The third kappa shape index (κ3) is 5.61. The maximum atomic E-state index is 12.2. The van der Waals surface area contributed by atoms with E-state index in [-0.39, 0.29) is 23.9 Å². The largest absolute Gasteiger partial charge is 0.469 e. The van der Waals surface area contributed by atoms with Gasteiger partial charge in [-0.3, -0.25) is 10.1 Å². The van der Waals surface area contributed by atoms with Gasteiger partial charge in [-0.15, -0.1) is 0 Å². The molecule has 3 unspecified atom stereocenters. The lowest BCUT2D eigenvalue weighted by Gasteiger charge is -2.33. The third-order valence-electron chi connectivity index (χ3n) is 4.86. The number of unbranched alkanes of at least 4 members (excludes halogenated alkanes) is 2. The fraction of sp³-hybridized carbons (Fsp3) is 0.524. The summed E-state index contributed by atoms with van der Waals surface area (Å²) in [4.78, 5) is 24.4. The van der Waals surface area contributed by atoms with E-state index in [0.29, 0.717) is 12.1 Å². The lowest BCUT2D eigenvalue weighted by atomic mass is 9.75. The Balaban J connectivity index is 2.03. The number of para-hydroxylation sites is 1.